The maximum absolute atomic E-state index is 11.0. The predicted molar refractivity (Wildman–Crippen MR) is 141 cm³/mol. The Bertz CT molecular complexity index is 1070. The van der Waals surface area contributed by atoms with E-state index in [-0.39, 0.29) is 25.0 Å². The SMILES string of the molecule is CC(CCc1ccc(-c2ccc(-c3ccccc3)cc2)cc1)NC(CCC(=O)O)CNCC(N)=O. The van der Waals surface area contributed by atoms with Crippen molar-refractivity contribution in [3.05, 3.63) is 84.4 Å². The Balaban J connectivity index is 1.51. The van der Waals surface area contributed by atoms with Crippen molar-refractivity contribution in [1.82, 2.24) is 10.6 Å². The topological polar surface area (TPSA) is 104 Å². The van der Waals surface area contributed by atoms with Gasteiger partial charge in [0.2, 0.25) is 5.91 Å². The summed E-state index contributed by atoms with van der Waals surface area (Å²) in [6.45, 7) is 2.68. The highest BCUT2D eigenvalue weighted by Gasteiger charge is 2.14. The first-order chi connectivity index (χ1) is 16.9. The van der Waals surface area contributed by atoms with Crippen molar-refractivity contribution in [3.63, 3.8) is 0 Å². The van der Waals surface area contributed by atoms with Crippen LogP contribution in [0.3, 0.4) is 0 Å². The van der Waals surface area contributed by atoms with Crippen molar-refractivity contribution in [3.8, 4) is 22.3 Å². The molecule has 3 aromatic carbocycles. The quantitative estimate of drug-likeness (QED) is 0.280. The first-order valence-corrected chi connectivity index (χ1v) is 12.1. The standard InChI is InChI=1S/C29H35N3O3/c1-21(32-27(17-18-29(34)35)19-31-20-28(30)33)7-8-22-9-11-24(12-10-22)26-15-13-25(14-16-26)23-5-3-2-4-6-23/h2-6,9-16,21,27,31-32H,7-8,17-20H2,1H3,(H2,30,33)(H,34,35). The minimum Gasteiger partial charge on any atom is -0.481 e. The molecule has 0 aromatic heterocycles. The van der Waals surface area contributed by atoms with Crippen LogP contribution in [0, 0.1) is 0 Å². The molecule has 6 nitrogen and oxygen atoms in total. The summed E-state index contributed by atoms with van der Waals surface area (Å²) in [5.41, 5.74) is 11.2. The largest absolute Gasteiger partial charge is 0.481 e. The Morgan fingerprint density at radius 2 is 1.37 bits per heavy atom. The van der Waals surface area contributed by atoms with Gasteiger partial charge in [-0.25, -0.2) is 0 Å². The average Bonchev–Trinajstić information content (AvgIpc) is 2.86. The molecule has 0 saturated heterocycles. The van der Waals surface area contributed by atoms with Gasteiger partial charge in [-0.05, 0) is 54.0 Å². The lowest BCUT2D eigenvalue weighted by Gasteiger charge is -2.23. The molecule has 3 rings (SSSR count). The van der Waals surface area contributed by atoms with Crippen molar-refractivity contribution < 1.29 is 14.7 Å². The van der Waals surface area contributed by atoms with Crippen LogP contribution in [0.15, 0.2) is 78.9 Å². The number of carbonyl (C=O) groups is 2. The van der Waals surface area contributed by atoms with Crippen LogP contribution in [0.25, 0.3) is 22.3 Å². The van der Waals surface area contributed by atoms with E-state index in [9.17, 15) is 9.59 Å². The predicted octanol–water partition coefficient (Wildman–Crippen LogP) is 4.24. The van der Waals surface area contributed by atoms with Gasteiger partial charge < -0.3 is 21.5 Å². The van der Waals surface area contributed by atoms with Crippen molar-refractivity contribution in [1.29, 1.82) is 0 Å². The van der Waals surface area contributed by atoms with Gasteiger partial charge in [0, 0.05) is 25.0 Å². The maximum Gasteiger partial charge on any atom is 0.303 e. The molecule has 0 heterocycles. The zero-order chi connectivity index (χ0) is 25.0. The summed E-state index contributed by atoms with van der Waals surface area (Å²) in [5, 5.41) is 15.5. The molecule has 35 heavy (non-hydrogen) atoms. The number of amides is 1. The highest BCUT2D eigenvalue weighted by atomic mass is 16.4. The second-order valence-corrected chi connectivity index (χ2v) is 8.97. The van der Waals surface area contributed by atoms with Crippen LogP contribution in [0.4, 0.5) is 0 Å². The number of aliphatic carboxylic acids is 1. The van der Waals surface area contributed by atoms with Crippen molar-refractivity contribution in [2.24, 2.45) is 5.73 Å². The van der Waals surface area contributed by atoms with Gasteiger partial charge in [-0.1, -0.05) is 78.9 Å². The first-order valence-electron chi connectivity index (χ1n) is 12.1. The van der Waals surface area contributed by atoms with Crippen molar-refractivity contribution in [2.75, 3.05) is 13.1 Å². The normalized spacial score (nSPS) is 12.7. The lowest BCUT2D eigenvalue weighted by atomic mass is 9.98. The average molecular weight is 474 g/mol. The summed E-state index contributed by atoms with van der Waals surface area (Å²) in [4.78, 5) is 21.9. The van der Waals surface area contributed by atoms with Gasteiger partial charge in [-0.3, -0.25) is 9.59 Å². The smallest absolute Gasteiger partial charge is 0.303 e. The molecule has 2 atom stereocenters. The van der Waals surface area contributed by atoms with E-state index in [1.165, 1.54) is 27.8 Å². The molecule has 2 unspecified atom stereocenters. The third kappa shape index (κ3) is 9.00. The number of rotatable bonds is 14. The number of benzene rings is 3. The van der Waals surface area contributed by atoms with Gasteiger partial charge in [0.25, 0.3) is 0 Å². The fraction of sp³-hybridized carbons (Fsp3) is 0.310. The van der Waals surface area contributed by atoms with E-state index in [0.29, 0.717) is 13.0 Å². The first kappa shape index (κ1) is 26.1. The van der Waals surface area contributed by atoms with Crippen molar-refractivity contribution >= 4 is 11.9 Å². The minimum atomic E-state index is -0.825. The second-order valence-electron chi connectivity index (χ2n) is 8.97. The number of hydrogen-bond acceptors (Lipinski definition) is 4. The van der Waals surface area contributed by atoms with Gasteiger partial charge in [-0.15, -0.1) is 0 Å². The summed E-state index contributed by atoms with van der Waals surface area (Å²) in [6, 6.07) is 27.8. The van der Waals surface area contributed by atoms with Crippen LogP contribution >= 0.6 is 0 Å². The fourth-order valence-electron chi connectivity index (χ4n) is 4.13. The monoisotopic (exact) mass is 473 g/mol. The van der Waals surface area contributed by atoms with E-state index in [1.807, 2.05) is 6.07 Å². The minimum absolute atomic E-state index is 0.0401. The molecule has 0 bridgehead atoms. The van der Waals surface area contributed by atoms with Crippen LogP contribution in [-0.4, -0.2) is 42.2 Å². The van der Waals surface area contributed by atoms with E-state index in [4.69, 9.17) is 10.8 Å². The Labute approximate surface area is 207 Å². The number of aryl methyl sites for hydroxylation is 1. The number of carboxylic acids is 1. The van der Waals surface area contributed by atoms with Gasteiger partial charge in [0.1, 0.15) is 0 Å². The number of carboxylic acid groups (broad SMARTS) is 1. The number of primary amides is 1. The Kier molecular flexibility index (Phi) is 10.0. The Morgan fingerprint density at radius 3 is 1.91 bits per heavy atom. The number of nitrogens with two attached hydrogens (primary N) is 1. The van der Waals surface area contributed by atoms with Crippen LogP contribution in [0.5, 0.6) is 0 Å². The van der Waals surface area contributed by atoms with E-state index in [0.717, 1.165) is 12.8 Å². The molecule has 3 aromatic rings. The summed E-state index contributed by atoms with van der Waals surface area (Å²) in [7, 11) is 0. The van der Waals surface area contributed by atoms with Crippen molar-refractivity contribution in [2.45, 2.75) is 44.7 Å². The fourth-order valence-corrected chi connectivity index (χ4v) is 4.13. The highest BCUT2D eigenvalue weighted by molar-refractivity contribution is 5.75. The van der Waals surface area contributed by atoms with Gasteiger partial charge in [-0.2, -0.15) is 0 Å². The molecule has 1 amide bonds. The van der Waals surface area contributed by atoms with Gasteiger partial charge >= 0.3 is 5.97 Å². The Morgan fingerprint density at radius 1 is 0.829 bits per heavy atom. The molecule has 6 heteroatoms. The molecule has 0 aliphatic carbocycles. The zero-order valence-corrected chi connectivity index (χ0v) is 20.2. The van der Waals surface area contributed by atoms with Gasteiger partial charge in [0.15, 0.2) is 0 Å². The molecular weight excluding hydrogens is 438 g/mol. The summed E-state index contributed by atoms with van der Waals surface area (Å²) in [6.07, 6.45) is 2.41. The van der Waals surface area contributed by atoms with Crippen LogP contribution in [0.1, 0.15) is 31.7 Å². The number of nitrogens with one attached hydrogen (secondary N) is 2. The lowest BCUT2D eigenvalue weighted by Crippen LogP contribution is -2.45. The molecular formula is C29H35N3O3. The summed E-state index contributed by atoms with van der Waals surface area (Å²) in [5.74, 6) is -1.25. The van der Waals surface area contributed by atoms with E-state index < -0.39 is 11.9 Å². The highest BCUT2D eigenvalue weighted by Crippen LogP contribution is 2.25. The van der Waals surface area contributed by atoms with Crippen LogP contribution in [0.2, 0.25) is 0 Å². The lowest BCUT2D eigenvalue weighted by molar-refractivity contribution is -0.137. The second kappa shape index (κ2) is 13.4. The van der Waals surface area contributed by atoms with Gasteiger partial charge in [0.05, 0.1) is 6.54 Å². The van der Waals surface area contributed by atoms with E-state index in [1.54, 1.807) is 0 Å². The third-order valence-corrected chi connectivity index (χ3v) is 6.06. The van der Waals surface area contributed by atoms with Crippen LogP contribution < -0.4 is 16.4 Å². The van der Waals surface area contributed by atoms with E-state index >= 15 is 0 Å². The third-order valence-electron chi connectivity index (χ3n) is 6.06. The Hall–Kier alpha value is -3.48. The molecule has 0 saturated carbocycles. The number of hydrogen-bond donors (Lipinski definition) is 4. The summed E-state index contributed by atoms with van der Waals surface area (Å²) >= 11 is 0. The molecule has 5 N–H and O–H groups in total. The van der Waals surface area contributed by atoms with Crippen LogP contribution in [-0.2, 0) is 16.0 Å². The molecule has 0 radical (unpaired) electrons. The molecule has 0 aliphatic rings. The molecule has 0 fully saturated rings. The maximum atomic E-state index is 11.0. The summed E-state index contributed by atoms with van der Waals surface area (Å²) < 4.78 is 0. The molecule has 0 aliphatic heterocycles. The molecule has 0 spiro atoms. The zero-order valence-electron chi connectivity index (χ0n) is 20.2. The van der Waals surface area contributed by atoms with E-state index in [2.05, 4.69) is 90.4 Å². The number of carbonyl (C=O) groups excluding carboxylic acids is 1. The molecule has 184 valence electrons.